The van der Waals surface area contributed by atoms with Crippen LogP contribution in [0.4, 0.5) is 14.5 Å². The molecule has 0 spiro atoms. The molecule has 3 N–H and O–H groups in total. The molecule has 1 amide bonds. The van der Waals surface area contributed by atoms with Gasteiger partial charge in [0, 0.05) is 23.7 Å². The molecule has 0 fully saturated rings. The number of nitrogens with zero attached hydrogens (tertiary/aromatic N) is 3. The largest absolute Gasteiger partial charge is 0.376 e. The first-order valence-electron chi connectivity index (χ1n) is 10.1. The number of rotatable bonds is 8. The zero-order valence-electron chi connectivity index (χ0n) is 19.3. The van der Waals surface area contributed by atoms with Crippen molar-refractivity contribution in [2.24, 2.45) is 0 Å². The van der Waals surface area contributed by atoms with Crippen LogP contribution in [0.5, 0.6) is 0 Å². The quantitative estimate of drug-likeness (QED) is 0.394. The first-order valence-corrected chi connectivity index (χ1v) is 10.1. The fraction of sp³-hybridized carbons (Fsp3) is 0.375. The van der Waals surface area contributed by atoms with Crippen LogP contribution < -0.4 is 10.6 Å². The van der Waals surface area contributed by atoms with Gasteiger partial charge in [0.1, 0.15) is 0 Å². The molecule has 0 aliphatic carbocycles. The maximum atomic E-state index is 11.0. The number of aromatic nitrogens is 1. The molecule has 0 radical (unpaired) electrons. The van der Waals surface area contributed by atoms with Crippen LogP contribution in [-0.4, -0.2) is 29.6 Å². The lowest BCUT2D eigenvalue weighted by molar-refractivity contribution is -0.110. The highest BCUT2D eigenvalue weighted by atomic mass is 19.3. The lowest BCUT2D eigenvalue weighted by Crippen LogP contribution is -2.35. The predicted octanol–water partition coefficient (Wildman–Crippen LogP) is 4.70. The second-order valence-corrected chi connectivity index (χ2v) is 8.29. The van der Waals surface area contributed by atoms with Crippen molar-refractivity contribution in [1.82, 2.24) is 10.3 Å². The zero-order valence-corrected chi connectivity index (χ0v) is 19.3. The molecule has 0 saturated carbocycles. The summed E-state index contributed by atoms with van der Waals surface area (Å²) in [5.74, 6) is -2.50. The Morgan fingerprint density at radius 1 is 1.15 bits per heavy atom. The highest BCUT2D eigenvalue weighted by Gasteiger charge is 2.24. The third-order valence-corrected chi connectivity index (χ3v) is 4.54. The Balaban J connectivity index is 0.000000981. The number of nitrogens with one attached hydrogen (secondary N) is 3. The fourth-order valence-electron chi connectivity index (χ4n) is 2.77. The van der Waals surface area contributed by atoms with E-state index in [2.05, 4.69) is 27.8 Å². The van der Waals surface area contributed by atoms with Crippen LogP contribution in [0, 0.1) is 28.1 Å². The van der Waals surface area contributed by atoms with Gasteiger partial charge < -0.3 is 16.0 Å². The number of alkyl halides is 2. The highest BCUT2D eigenvalue weighted by molar-refractivity contribution is 5.86. The Labute approximate surface area is 193 Å². The molecule has 7 nitrogen and oxygen atoms in total. The summed E-state index contributed by atoms with van der Waals surface area (Å²) < 4.78 is 22.0. The number of anilines is 1. The van der Waals surface area contributed by atoms with Crippen LogP contribution in [0.1, 0.15) is 63.0 Å². The number of hydrogen-bond donors (Lipinski definition) is 3. The van der Waals surface area contributed by atoms with Crippen LogP contribution in [0.25, 0.3) is 0 Å². The maximum Gasteiger partial charge on any atom is 0.242 e. The SMILES string of the molecule is CC(C)(F)F.CC(NC=O)[C@H](Nc1ccc(C#N)cc1C=N)c1ccc(C(C)(C)C#N)nc1. The Hall–Kier alpha value is -3.85. The molecule has 0 aliphatic heterocycles. The minimum absolute atomic E-state index is 0.275. The number of amides is 1. The molecule has 2 aromatic rings. The monoisotopic (exact) mass is 454 g/mol. The molecule has 2 rings (SSSR count). The average Bonchev–Trinajstić information content (AvgIpc) is 2.76. The molecule has 0 bridgehead atoms. The summed E-state index contributed by atoms with van der Waals surface area (Å²) in [5.41, 5.74) is 2.47. The summed E-state index contributed by atoms with van der Waals surface area (Å²) >= 11 is 0. The minimum Gasteiger partial charge on any atom is -0.376 e. The maximum absolute atomic E-state index is 11.0. The van der Waals surface area contributed by atoms with Gasteiger partial charge in [0.15, 0.2) is 0 Å². The topological polar surface area (TPSA) is 125 Å². The van der Waals surface area contributed by atoms with Crippen LogP contribution in [0.3, 0.4) is 0 Å². The normalized spacial score (nSPS) is 12.6. The summed E-state index contributed by atoms with van der Waals surface area (Å²) in [5, 5.41) is 32.0. The second-order valence-electron chi connectivity index (χ2n) is 8.29. The number of halogens is 2. The number of pyridine rings is 1. The van der Waals surface area contributed by atoms with E-state index in [1.807, 2.05) is 13.0 Å². The van der Waals surface area contributed by atoms with Crippen molar-refractivity contribution in [3.63, 3.8) is 0 Å². The molecule has 174 valence electrons. The summed E-state index contributed by atoms with van der Waals surface area (Å²) in [6.45, 7) is 7.16. The van der Waals surface area contributed by atoms with Gasteiger partial charge in [-0.15, -0.1) is 0 Å². The standard InChI is InChI=1S/C21H22N6O.C3H6F2/c1-14(26-13-28)20(16-5-7-19(25-11-16)21(2,3)12-24)27-18-6-4-15(9-22)8-17(18)10-23;1-3(2,4)5/h4-8,10-11,13-14,20,23,27H,1-3H3,(H,26,28);1-2H3/t14?,20-;/m0./s1. The van der Waals surface area contributed by atoms with Gasteiger partial charge >= 0.3 is 0 Å². The summed E-state index contributed by atoms with van der Waals surface area (Å²) in [4.78, 5) is 15.4. The zero-order chi connectivity index (χ0) is 25.2. The summed E-state index contributed by atoms with van der Waals surface area (Å²) in [7, 11) is 0. The lowest BCUT2D eigenvalue weighted by atomic mass is 9.90. The van der Waals surface area contributed by atoms with Gasteiger partial charge in [-0.05, 0) is 64.4 Å². The number of benzene rings is 1. The van der Waals surface area contributed by atoms with Crippen molar-refractivity contribution in [2.45, 2.75) is 58.0 Å². The molecule has 33 heavy (non-hydrogen) atoms. The van der Waals surface area contributed by atoms with Crippen molar-refractivity contribution < 1.29 is 13.6 Å². The smallest absolute Gasteiger partial charge is 0.242 e. The van der Waals surface area contributed by atoms with Gasteiger partial charge in [0.25, 0.3) is 0 Å². The van der Waals surface area contributed by atoms with E-state index in [0.29, 0.717) is 28.9 Å². The Bertz CT molecular complexity index is 1030. The number of nitriles is 2. The second kappa shape index (κ2) is 11.7. The highest BCUT2D eigenvalue weighted by Crippen LogP contribution is 2.27. The molecule has 1 heterocycles. The van der Waals surface area contributed by atoms with E-state index in [1.165, 1.54) is 6.21 Å². The fourth-order valence-corrected chi connectivity index (χ4v) is 2.77. The van der Waals surface area contributed by atoms with Crippen LogP contribution in [0.2, 0.25) is 0 Å². The molecule has 1 aromatic heterocycles. The molecule has 2 atom stereocenters. The van der Waals surface area contributed by atoms with Crippen LogP contribution in [-0.2, 0) is 10.2 Å². The van der Waals surface area contributed by atoms with Crippen molar-refractivity contribution in [2.75, 3.05) is 5.32 Å². The van der Waals surface area contributed by atoms with Crippen molar-refractivity contribution in [3.05, 3.63) is 58.9 Å². The van der Waals surface area contributed by atoms with Crippen molar-refractivity contribution in [1.29, 1.82) is 15.9 Å². The molecular formula is C24H28F2N6O. The Morgan fingerprint density at radius 2 is 1.79 bits per heavy atom. The first kappa shape index (κ1) is 27.2. The van der Waals surface area contributed by atoms with Crippen LogP contribution in [0.15, 0.2) is 36.5 Å². The van der Waals surface area contributed by atoms with Gasteiger partial charge in [-0.25, -0.2) is 8.78 Å². The van der Waals surface area contributed by atoms with E-state index >= 15 is 0 Å². The van der Waals surface area contributed by atoms with E-state index in [4.69, 9.17) is 10.7 Å². The Kier molecular flexibility index (Phi) is 9.62. The number of hydrogen-bond acceptors (Lipinski definition) is 6. The van der Waals surface area contributed by atoms with Gasteiger partial charge in [-0.3, -0.25) is 9.78 Å². The van der Waals surface area contributed by atoms with Crippen molar-refractivity contribution >= 4 is 18.3 Å². The summed E-state index contributed by atoms with van der Waals surface area (Å²) in [6, 6.07) is 12.4. The molecule has 1 aromatic carbocycles. The average molecular weight is 455 g/mol. The van der Waals surface area contributed by atoms with E-state index in [0.717, 1.165) is 19.4 Å². The Morgan fingerprint density at radius 3 is 2.24 bits per heavy atom. The third-order valence-electron chi connectivity index (χ3n) is 4.54. The third kappa shape index (κ3) is 8.66. The van der Waals surface area contributed by atoms with Gasteiger partial charge in [0.2, 0.25) is 12.3 Å². The van der Waals surface area contributed by atoms with Gasteiger partial charge in [-0.1, -0.05) is 6.07 Å². The van der Waals surface area contributed by atoms with Gasteiger partial charge in [-0.2, -0.15) is 10.5 Å². The number of carbonyl (C=O) groups excluding carboxylic acids is 1. The lowest BCUT2D eigenvalue weighted by Gasteiger charge is -2.27. The molecule has 9 heteroatoms. The minimum atomic E-state index is -2.50. The van der Waals surface area contributed by atoms with E-state index < -0.39 is 11.3 Å². The van der Waals surface area contributed by atoms with Crippen LogP contribution >= 0.6 is 0 Å². The molecule has 1 unspecified atom stereocenters. The molecular weight excluding hydrogens is 426 g/mol. The van der Waals surface area contributed by atoms with E-state index in [1.54, 1.807) is 44.3 Å². The number of carbonyl (C=O) groups is 1. The van der Waals surface area contributed by atoms with E-state index in [-0.39, 0.29) is 12.1 Å². The molecule has 0 saturated heterocycles. The van der Waals surface area contributed by atoms with E-state index in [9.17, 15) is 18.8 Å². The molecule has 0 aliphatic rings. The van der Waals surface area contributed by atoms with Gasteiger partial charge in [0.05, 0.1) is 40.9 Å². The predicted molar refractivity (Wildman–Crippen MR) is 123 cm³/mol. The first-order chi connectivity index (χ1) is 15.4. The summed E-state index contributed by atoms with van der Waals surface area (Å²) in [6.07, 6.45) is 3.49. The van der Waals surface area contributed by atoms with Crippen molar-refractivity contribution in [3.8, 4) is 12.1 Å².